The standard InChI is InChI=1S/C16H13NO4/c1-11(15(18)12-5-3-2-4-6-12)16(19)13-7-9-14(10-8-13)17(20)21/h2-11H,1H3. The first-order chi connectivity index (χ1) is 10.0. The predicted molar refractivity (Wildman–Crippen MR) is 77.4 cm³/mol. The molecule has 2 aromatic carbocycles. The lowest BCUT2D eigenvalue weighted by molar-refractivity contribution is -0.384. The monoisotopic (exact) mass is 283 g/mol. The Morgan fingerprint density at radius 3 is 1.86 bits per heavy atom. The highest BCUT2D eigenvalue weighted by Gasteiger charge is 2.24. The Hall–Kier alpha value is -2.82. The molecular weight excluding hydrogens is 270 g/mol. The van der Waals surface area contributed by atoms with Crippen molar-refractivity contribution in [1.29, 1.82) is 0 Å². The first-order valence-corrected chi connectivity index (χ1v) is 6.38. The third kappa shape index (κ3) is 3.20. The number of hydrogen-bond acceptors (Lipinski definition) is 4. The summed E-state index contributed by atoms with van der Waals surface area (Å²) < 4.78 is 0. The van der Waals surface area contributed by atoms with E-state index >= 15 is 0 Å². The van der Waals surface area contributed by atoms with E-state index in [1.165, 1.54) is 24.3 Å². The Morgan fingerprint density at radius 2 is 1.38 bits per heavy atom. The van der Waals surface area contributed by atoms with E-state index in [1.807, 2.05) is 0 Å². The van der Waals surface area contributed by atoms with Gasteiger partial charge >= 0.3 is 0 Å². The van der Waals surface area contributed by atoms with E-state index in [0.29, 0.717) is 5.56 Å². The third-order valence-electron chi connectivity index (χ3n) is 3.21. The van der Waals surface area contributed by atoms with Gasteiger partial charge in [0.05, 0.1) is 10.8 Å². The Kier molecular flexibility index (Phi) is 4.23. The van der Waals surface area contributed by atoms with Crippen LogP contribution in [0.1, 0.15) is 27.6 Å². The Bertz CT molecular complexity index is 677. The molecule has 0 saturated heterocycles. The molecule has 0 N–H and O–H groups in total. The fourth-order valence-corrected chi connectivity index (χ4v) is 1.97. The van der Waals surface area contributed by atoms with Crippen LogP contribution in [0.4, 0.5) is 5.69 Å². The number of ketones is 2. The Balaban J connectivity index is 2.19. The van der Waals surface area contributed by atoms with Gasteiger partial charge in [0.1, 0.15) is 0 Å². The van der Waals surface area contributed by atoms with Crippen LogP contribution < -0.4 is 0 Å². The molecule has 0 saturated carbocycles. The molecule has 0 aromatic heterocycles. The molecule has 2 rings (SSSR count). The fraction of sp³-hybridized carbons (Fsp3) is 0.125. The second kappa shape index (κ2) is 6.09. The van der Waals surface area contributed by atoms with Gasteiger partial charge in [0.15, 0.2) is 11.6 Å². The molecule has 5 heteroatoms. The average Bonchev–Trinajstić information content (AvgIpc) is 2.53. The quantitative estimate of drug-likeness (QED) is 0.365. The summed E-state index contributed by atoms with van der Waals surface area (Å²) in [4.78, 5) is 34.5. The van der Waals surface area contributed by atoms with Crippen LogP contribution in [0.3, 0.4) is 0 Å². The van der Waals surface area contributed by atoms with Crippen molar-refractivity contribution in [3.63, 3.8) is 0 Å². The van der Waals surface area contributed by atoms with Crippen LogP contribution >= 0.6 is 0 Å². The van der Waals surface area contributed by atoms with Gasteiger partial charge in [-0.1, -0.05) is 30.3 Å². The predicted octanol–water partition coefficient (Wildman–Crippen LogP) is 3.30. The highest BCUT2D eigenvalue weighted by molar-refractivity contribution is 6.15. The summed E-state index contributed by atoms with van der Waals surface area (Å²) in [7, 11) is 0. The van der Waals surface area contributed by atoms with E-state index < -0.39 is 10.8 Å². The number of nitro benzene ring substituents is 1. The third-order valence-corrected chi connectivity index (χ3v) is 3.21. The maximum Gasteiger partial charge on any atom is 0.269 e. The highest BCUT2D eigenvalue weighted by Crippen LogP contribution is 2.17. The number of nitrogens with zero attached hydrogens (tertiary/aromatic N) is 1. The lowest BCUT2D eigenvalue weighted by atomic mass is 9.91. The molecule has 0 aliphatic carbocycles. The van der Waals surface area contributed by atoms with Crippen molar-refractivity contribution in [2.45, 2.75) is 6.92 Å². The summed E-state index contributed by atoms with van der Waals surface area (Å²) >= 11 is 0. The minimum Gasteiger partial charge on any atom is -0.293 e. The van der Waals surface area contributed by atoms with Crippen molar-refractivity contribution >= 4 is 17.3 Å². The molecule has 1 unspecified atom stereocenters. The lowest BCUT2D eigenvalue weighted by Crippen LogP contribution is -2.21. The average molecular weight is 283 g/mol. The molecule has 2 aromatic rings. The number of Topliss-reactive ketones (excluding diaryl/α,β-unsaturated/α-hetero) is 2. The highest BCUT2D eigenvalue weighted by atomic mass is 16.6. The topological polar surface area (TPSA) is 77.3 Å². The van der Waals surface area contributed by atoms with Gasteiger partial charge < -0.3 is 0 Å². The number of carbonyl (C=O) groups is 2. The molecule has 106 valence electrons. The number of benzene rings is 2. The summed E-state index contributed by atoms with van der Waals surface area (Å²) in [5.74, 6) is -1.44. The molecule has 0 aliphatic heterocycles. The smallest absolute Gasteiger partial charge is 0.269 e. The van der Waals surface area contributed by atoms with Crippen LogP contribution in [0, 0.1) is 16.0 Å². The second-order valence-electron chi connectivity index (χ2n) is 4.62. The molecule has 1 atom stereocenters. The number of nitro groups is 1. The van der Waals surface area contributed by atoms with Gasteiger partial charge in [-0.2, -0.15) is 0 Å². The van der Waals surface area contributed by atoms with E-state index in [4.69, 9.17) is 0 Å². The molecule has 0 spiro atoms. The van der Waals surface area contributed by atoms with E-state index in [-0.39, 0.29) is 22.8 Å². The summed E-state index contributed by atoms with van der Waals surface area (Å²) in [6, 6.07) is 13.8. The number of hydrogen-bond donors (Lipinski definition) is 0. The molecule has 0 amide bonds. The summed E-state index contributed by atoms with van der Waals surface area (Å²) in [5, 5.41) is 10.6. The van der Waals surface area contributed by atoms with Crippen LogP contribution in [0.5, 0.6) is 0 Å². The van der Waals surface area contributed by atoms with E-state index in [0.717, 1.165) is 0 Å². The summed E-state index contributed by atoms with van der Waals surface area (Å²) in [6.07, 6.45) is 0. The van der Waals surface area contributed by atoms with Gasteiger partial charge in [-0.3, -0.25) is 19.7 Å². The molecule has 0 radical (unpaired) electrons. The van der Waals surface area contributed by atoms with Gasteiger partial charge in [0, 0.05) is 23.3 Å². The van der Waals surface area contributed by atoms with Crippen molar-refractivity contribution in [1.82, 2.24) is 0 Å². The zero-order chi connectivity index (χ0) is 15.4. The maximum absolute atomic E-state index is 12.2. The Labute approximate surface area is 121 Å². The summed E-state index contributed by atoms with van der Waals surface area (Å²) in [6.45, 7) is 1.54. The van der Waals surface area contributed by atoms with Crippen LogP contribution in [-0.2, 0) is 0 Å². The largest absolute Gasteiger partial charge is 0.293 e. The van der Waals surface area contributed by atoms with Gasteiger partial charge in [0.25, 0.3) is 5.69 Å². The van der Waals surface area contributed by atoms with Gasteiger partial charge in [0.2, 0.25) is 0 Å². The van der Waals surface area contributed by atoms with Crippen LogP contribution in [0.2, 0.25) is 0 Å². The van der Waals surface area contributed by atoms with E-state index in [1.54, 1.807) is 37.3 Å². The zero-order valence-electron chi connectivity index (χ0n) is 11.4. The van der Waals surface area contributed by atoms with Gasteiger partial charge in [-0.25, -0.2) is 0 Å². The lowest BCUT2D eigenvalue weighted by Gasteiger charge is -2.09. The van der Waals surface area contributed by atoms with E-state index in [9.17, 15) is 19.7 Å². The second-order valence-corrected chi connectivity index (χ2v) is 4.62. The minimum absolute atomic E-state index is 0.0893. The normalized spacial score (nSPS) is 11.7. The molecule has 21 heavy (non-hydrogen) atoms. The fourth-order valence-electron chi connectivity index (χ4n) is 1.97. The van der Waals surface area contributed by atoms with Crippen molar-refractivity contribution in [3.05, 3.63) is 75.8 Å². The number of rotatable bonds is 5. The molecule has 0 heterocycles. The van der Waals surface area contributed by atoms with Crippen molar-refractivity contribution < 1.29 is 14.5 Å². The van der Waals surface area contributed by atoms with Crippen LogP contribution in [-0.4, -0.2) is 16.5 Å². The van der Waals surface area contributed by atoms with Gasteiger partial charge in [-0.05, 0) is 19.1 Å². The van der Waals surface area contributed by atoms with Crippen LogP contribution in [0.25, 0.3) is 0 Å². The molecule has 5 nitrogen and oxygen atoms in total. The minimum atomic E-state index is -0.825. The molecule has 0 bridgehead atoms. The van der Waals surface area contributed by atoms with Crippen molar-refractivity contribution in [3.8, 4) is 0 Å². The Morgan fingerprint density at radius 1 is 0.905 bits per heavy atom. The number of carbonyl (C=O) groups excluding carboxylic acids is 2. The zero-order valence-corrected chi connectivity index (χ0v) is 11.4. The summed E-state index contributed by atoms with van der Waals surface area (Å²) in [5.41, 5.74) is 0.672. The molecule has 0 fully saturated rings. The molecule has 0 aliphatic rings. The first kappa shape index (κ1) is 14.6. The number of non-ortho nitro benzene ring substituents is 1. The molecular formula is C16H13NO4. The maximum atomic E-state index is 12.2. The van der Waals surface area contributed by atoms with Crippen molar-refractivity contribution in [2.75, 3.05) is 0 Å². The SMILES string of the molecule is CC(C(=O)c1ccccc1)C(=O)c1ccc([N+](=O)[O-])cc1. The first-order valence-electron chi connectivity index (χ1n) is 6.38. The van der Waals surface area contributed by atoms with E-state index in [2.05, 4.69) is 0 Å². The van der Waals surface area contributed by atoms with Crippen LogP contribution in [0.15, 0.2) is 54.6 Å². The van der Waals surface area contributed by atoms with Crippen molar-refractivity contribution in [2.24, 2.45) is 5.92 Å². The van der Waals surface area contributed by atoms with Gasteiger partial charge in [-0.15, -0.1) is 0 Å².